The third kappa shape index (κ3) is 9.51. The smallest absolute Gasteiger partial charge is 0.294 e. The molecule has 0 aliphatic rings. The number of benzene rings is 2. The van der Waals surface area contributed by atoms with Crippen molar-refractivity contribution < 1.29 is 27.6 Å². The lowest BCUT2D eigenvalue weighted by molar-refractivity contribution is 0.0928. The summed E-state index contributed by atoms with van der Waals surface area (Å²) in [5, 5.41) is 20.3. The average molecular weight is 637 g/mol. The Balaban J connectivity index is 1.17. The van der Waals surface area contributed by atoms with E-state index in [2.05, 4.69) is 45.2 Å². The van der Waals surface area contributed by atoms with Crippen molar-refractivity contribution >= 4 is 21.7 Å². The number of hydrogen-bond donors (Lipinski definition) is 6. The van der Waals surface area contributed by atoms with Crippen LogP contribution in [0.25, 0.3) is 11.3 Å². The van der Waals surface area contributed by atoms with Gasteiger partial charge in [-0.05, 0) is 72.6 Å². The van der Waals surface area contributed by atoms with Crippen molar-refractivity contribution in [3.05, 3.63) is 83.8 Å². The number of aryl methyl sites for hydroxylation is 1. The number of phenolic OH excluding ortho intramolecular Hbond substituents is 1. The lowest BCUT2D eigenvalue weighted by Crippen LogP contribution is -2.34. The Hall–Kier alpha value is -4.46. The number of nitrogens with one attached hydrogen (secondary N) is 4. The van der Waals surface area contributed by atoms with E-state index < -0.39 is 10.1 Å². The molecule has 2 aromatic carbocycles. The number of hydrogen-bond acceptors (Lipinski definition) is 9. The van der Waals surface area contributed by atoms with Crippen LogP contribution in [0.5, 0.6) is 11.5 Å². The molecule has 2 aromatic heterocycles. The van der Waals surface area contributed by atoms with E-state index in [9.17, 15) is 22.9 Å². The molecule has 0 atom stereocenters. The summed E-state index contributed by atoms with van der Waals surface area (Å²) in [4.78, 5) is 16.8. The van der Waals surface area contributed by atoms with Crippen molar-refractivity contribution in [2.75, 3.05) is 18.6 Å². The number of nitrogens with zero attached hydrogens (tertiary/aromatic N) is 2. The van der Waals surface area contributed by atoms with E-state index in [0.717, 1.165) is 36.9 Å². The summed E-state index contributed by atoms with van der Waals surface area (Å²) >= 11 is 0. The number of carbonyl (C=O) groups is 1. The van der Waals surface area contributed by atoms with Gasteiger partial charge in [0.15, 0.2) is 0 Å². The van der Waals surface area contributed by atoms with Crippen LogP contribution in [0, 0.1) is 5.41 Å². The van der Waals surface area contributed by atoms with Crippen LogP contribution in [0.2, 0.25) is 0 Å². The Morgan fingerprint density at radius 2 is 1.87 bits per heavy atom. The normalized spacial score (nSPS) is 11.7. The van der Waals surface area contributed by atoms with Gasteiger partial charge in [-0.25, -0.2) is 10.4 Å². The Kier molecular flexibility index (Phi) is 11.2. The monoisotopic (exact) mass is 636 g/mol. The molecule has 0 radical (unpaired) electrons. The number of amides is 1. The van der Waals surface area contributed by atoms with Gasteiger partial charge in [0.25, 0.3) is 16.0 Å². The fourth-order valence-electron chi connectivity index (χ4n) is 4.78. The zero-order valence-corrected chi connectivity index (χ0v) is 26.4. The number of anilines is 1. The molecule has 1 amide bonds. The van der Waals surface area contributed by atoms with Crippen molar-refractivity contribution in [2.24, 2.45) is 5.41 Å². The summed E-state index contributed by atoms with van der Waals surface area (Å²) in [7, 11) is -4.33. The second-order valence-electron chi connectivity index (χ2n) is 11.4. The molecule has 6 N–H and O–H groups in total. The number of hydrazine groups is 1. The number of phenols is 1. The van der Waals surface area contributed by atoms with Gasteiger partial charge in [0, 0.05) is 30.9 Å². The molecule has 2 heterocycles. The molecule has 0 bridgehead atoms. The minimum atomic E-state index is -4.33. The van der Waals surface area contributed by atoms with Crippen molar-refractivity contribution in [2.45, 2.75) is 57.9 Å². The fraction of sp³-hybridized carbons (Fsp3) is 0.344. The van der Waals surface area contributed by atoms with E-state index in [4.69, 9.17) is 4.74 Å². The largest absolute Gasteiger partial charge is 0.507 e. The molecule has 0 fully saturated rings. The average Bonchev–Trinajstić information content (AvgIpc) is 3.55. The zero-order chi connectivity index (χ0) is 32.5. The highest BCUT2D eigenvalue weighted by Crippen LogP contribution is 2.35. The molecule has 0 unspecified atom stereocenters. The molecule has 4 rings (SSSR count). The first-order chi connectivity index (χ1) is 21.5. The van der Waals surface area contributed by atoms with Crippen LogP contribution in [0.4, 0.5) is 5.69 Å². The van der Waals surface area contributed by atoms with E-state index >= 15 is 0 Å². The van der Waals surface area contributed by atoms with Crippen LogP contribution in [-0.2, 0) is 23.1 Å². The number of pyridine rings is 1. The predicted molar refractivity (Wildman–Crippen MR) is 171 cm³/mol. The number of rotatable bonds is 16. The summed E-state index contributed by atoms with van der Waals surface area (Å²) in [6, 6.07) is 14.8. The maximum Gasteiger partial charge on any atom is 0.294 e. The predicted octanol–water partition coefficient (Wildman–Crippen LogP) is 5.11. The number of ether oxygens (including phenoxy) is 1. The van der Waals surface area contributed by atoms with Gasteiger partial charge in [0.05, 0.1) is 29.1 Å². The molecule has 0 aliphatic carbocycles. The summed E-state index contributed by atoms with van der Waals surface area (Å²) in [5.41, 5.74) is 9.36. The summed E-state index contributed by atoms with van der Waals surface area (Å²) in [5.74, 6) is 0.538. The summed E-state index contributed by atoms with van der Waals surface area (Å²) < 4.78 is 38.5. The van der Waals surface area contributed by atoms with Crippen LogP contribution in [-0.4, -0.2) is 52.3 Å². The van der Waals surface area contributed by atoms with Crippen LogP contribution >= 0.6 is 0 Å². The van der Waals surface area contributed by atoms with Gasteiger partial charge >= 0.3 is 0 Å². The van der Waals surface area contributed by atoms with E-state index in [0.29, 0.717) is 35.7 Å². The van der Waals surface area contributed by atoms with Gasteiger partial charge < -0.3 is 20.6 Å². The number of carbonyl (C=O) groups excluding carboxylic acids is 1. The molecule has 0 saturated heterocycles. The van der Waals surface area contributed by atoms with Gasteiger partial charge in [-0.15, -0.1) is 0 Å². The third-order valence-electron chi connectivity index (χ3n) is 7.34. The Labute approximate surface area is 263 Å². The number of unbranched alkanes of at least 4 members (excludes halogenated alkanes) is 1. The molecule has 0 spiro atoms. The molecule has 45 heavy (non-hydrogen) atoms. The second-order valence-corrected chi connectivity index (χ2v) is 12.8. The number of aromatic nitrogens is 3. The quantitative estimate of drug-likeness (QED) is 0.0550. The molecule has 13 heteroatoms. The minimum absolute atomic E-state index is 0.128. The number of aromatic hydroxyl groups is 1. The molecule has 0 saturated carbocycles. The minimum Gasteiger partial charge on any atom is -0.507 e. The first-order valence-corrected chi connectivity index (χ1v) is 16.2. The van der Waals surface area contributed by atoms with Crippen LogP contribution in [0.1, 0.15) is 61.6 Å². The van der Waals surface area contributed by atoms with Crippen molar-refractivity contribution in [1.82, 2.24) is 25.9 Å². The molecule has 0 aliphatic heterocycles. The second kappa shape index (κ2) is 15.0. The topological polar surface area (TPSA) is 179 Å². The summed E-state index contributed by atoms with van der Waals surface area (Å²) in [6.45, 7) is 7.37. The highest BCUT2D eigenvalue weighted by Gasteiger charge is 2.20. The number of H-pyrrole nitrogens is 1. The number of aromatic amines is 1. The van der Waals surface area contributed by atoms with Gasteiger partial charge in [0.2, 0.25) is 0 Å². The Bertz CT molecular complexity index is 1670. The van der Waals surface area contributed by atoms with Crippen LogP contribution < -0.4 is 20.9 Å². The fourth-order valence-corrected chi connectivity index (χ4v) is 5.50. The maximum absolute atomic E-state index is 12.7. The van der Waals surface area contributed by atoms with Crippen molar-refractivity contribution in [3.8, 4) is 22.8 Å². The standard InChI is InChI=1S/C32H40N6O6S/c1-4-22-17-25(26-13-15-35-38-26)28(39)18-29(22)44-16-8-7-14-32(2,3)21-34-31(40)27-12-11-24(20-33-27)37-36-19-23-9-5-6-10-30(23)45(41,42)43/h5-6,9-13,15,17-18,20,36-37,39H,4,7-8,14,16,19,21H2,1-3H3,(H,34,40)(H,35,38)(H,41,42,43). The Morgan fingerprint density at radius 1 is 1.07 bits per heavy atom. The third-order valence-corrected chi connectivity index (χ3v) is 8.30. The molecule has 4 aromatic rings. The van der Waals surface area contributed by atoms with E-state index in [1.54, 1.807) is 36.5 Å². The summed E-state index contributed by atoms with van der Waals surface area (Å²) in [6.07, 6.45) is 6.52. The molecule has 240 valence electrons. The highest BCUT2D eigenvalue weighted by molar-refractivity contribution is 7.85. The van der Waals surface area contributed by atoms with Gasteiger partial charge in [-0.2, -0.15) is 13.5 Å². The van der Waals surface area contributed by atoms with Crippen LogP contribution in [0.15, 0.2) is 71.9 Å². The zero-order valence-electron chi connectivity index (χ0n) is 25.6. The SMILES string of the molecule is CCc1cc(-c2ccn[nH]2)c(O)cc1OCCCCC(C)(C)CNC(=O)c1ccc(NNCc2ccccc2S(=O)(=O)O)cn1. The highest BCUT2D eigenvalue weighted by atomic mass is 32.2. The lowest BCUT2D eigenvalue weighted by atomic mass is 9.87. The van der Waals surface area contributed by atoms with Gasteiger partial charge in [-0.3, -0.25) is 14.4 Å². The Morgan fingerprint density at radius 3 is 2.56 bits per heavy atom. The van der Waals surface area contributed by atoms with E-state index in [1.807, 2.05) is 19.1 Å². The van der Waals surface area contributed by atoms with Gasteiger partial charge in [-0.1, -0.05) is 39.0 Å². The lowest BCUT2D eigenvalue weighted by Gasteiger charge is -2.25. The van der Waals surface area contributed by atoms with Crippen molar-refractivity contribution in [1.29, 1.82) is 0 Å². The first-order valence-electron chi connectivity index (χ1n) is 14.7. The molecule has 12 nitrogen and oxygen atoms in total. The van der Waals surface area contributed by atoms with E-state index in [1.165, 1.54) is 18.3 Å². The molecular formula is C32H40N6O6S. The van der Waals surface area contributed by atoms with Gasteiger partial charge in [0.1, 0.15) is 17.2 Å². The van der Waals surface area contributed by atoms with Crippen LogP contribution in [0.3, 0.4) is 0 Å². The van der Waals surface area contributed by atoms with Crippen molar-refractivity contribution in [3.63, 3.8) is 0 Å². The molecular weight excluding hydrogens is 596 g/mol. The van der Waals surface area contributed by atoms with E-state index in [-0.39, 0.29) is 34.2 Å². The first kappa shape index (κ1) is 33.4. The maximum atomic E-state index is 12.7.